The molecule has 0 bridgehead atoms. The third-order valence-corrected chi connectivity index (χ3v) is 4.95. The number of nitrogens with zero attached hydrogens (tertiary/aromatic N) is 3. The van der Waals surface area contributed by atoms with Crippen LogP contribution in [0.25, 0.3) is 38.8 Å². The molecule has 2 heterocycles. The fraction of sp³-hybridized carbons (Fsp3) is 0.136. The van der Waals surface area contributed by atoms with Crippen LogP contribution in [0.15, 0.2) is 72.9 Å². The van der Waals surface area contributed by atoms with Gasteiger partial charge in [0.05, 0.1) is 16.7 Å². The van der Waals surface area contributed by atoms with Crippen LogP contribution in [0.4, 0.5) is 0 Å². The summed E-state index contributed by atoms with van der Waals surface area (Å²) in [5.41, 5.74) is 4.38. The molecule has 0 saturated heterocycles. The number of aryl methyl sites for hydroxylation is 1. The van der Waals surface area contributed by atoms with E-state index in [2.05, 4.69) is 63.7 Å². The number of aliphatic hydroxyl groups is 1. The normalized spacial score (nSPS) is 11.7. The lowest BCUT2D eigenvalue weighted by atomic mass is 10.1. The van der Waals surface area contributed by atoms with E-state index in [0.717, 1.165) is 34.6 Å². The van der Waals surface area contributed by atoms with Crippen LogP contribution in [0.5, 0.6) is 0 Å². The minimum absolute atomic E-state index is 0.168. The van der Waals surface area contributed by atoms with Crippen molar-refractivity contribution in [2.45, 2.75) is 13.0 Å². The second-order valence-electron chi connectivity index (χ2n) is 6.58. The summed E-state index contributed by atoms with van der Waals surface area (Å²) in [6.07, 6.45) is 2.86. The third-order valence-electron chi connectivity index (χ3n) is 4.95. The van der Waals surface area contributed by atoms with Crippen molar-refractivity contribution >= 4 is 27.6 Å². The number of benzene rings is 3. The van der Waals surface area contributed by atoms with Crippen molar-refractivity contribution in [2.75, 3.05) is 6.61 Å². The van der Waals surface area contributed by atoms with Crippen LogP contribution in [-0.2, 0) is 6.54 Å². The van der Waals surface area contributed by atoms with Gasteiger partial charge in [0.25, 0.3) is 0 Å². The molecule has 2 aromatic heterocycles. The number of hydrogen-bond acceptors (Lipinski definition) is 2. The van der Waals surface area contributed by atoms with Crippen molar-refractivity contribution in [1.82, 2.24) is 14.0 Å². The van der Waals surface area contributed by atoms with E-state index in [0.29, 0.717) is 6.42 Å². The quantitative estimate of drug-likeness (QED) is 0.523. The molecule has 3 aromatic carbocycles. The van der Waals surface area contributed by atoms with E-state index in [4.69, 9.17) is 4.98 Å². The number of fused-ring (bicyclic) bond motifs is 4. The van der Waals surface area contributed by atoms with Crippen LogP contribution in [0, 0.1) is 0 Å². The van der Waals surface area contributed by atoms with Gasteiger partial charge in [0, 0.05) is 24.9 Å². The van der Waals surface area contributed by atoms with Crippen molar-refractivity contribution in [1.29, 1.82) is 0 Å². The molecule has 0 radical (unpaired) electrons. The number of imidazole rings is 2. The Morgan fingerprint density at radius 3 is 2.58 bits per heavy atom. The number of hydrogen-bond donors (Lipinski definition) is 1. The van der Waals surface area contributed by atoms with Gasteiger partial charge in [-0.15, -0.1) is 0 Å². The van der Waals surface area contributed by atoms with E-state index >= 15 is 0 Å². The van der Waals surface area contributed by atoms with Gasteiger partial charge in [-0.25, -0.2) is 4.98 Å². The van der Waals surface area contributed by atoms with E-state index in [1.807, 2.05) is 18.2 Å². The molecule has 4 heteroatoms. The van der Waals surface area contributed by atoms with E-state index in [9.17, 15) is 5.11 Å². The predicted octanol–water partition coefficient (Wildman–Crippen LogP) is 4.49. The van der Waals surface area contributed by atoms with Gasteiger partial charge in [0.15, 0.2) is 0 Å². The largest absolute Gasteiger partial charge is 0.396 e. The van der Waals surface area contributed by atoms with Gasteiger partial charge in [-0.3, -0.25) is 4.40 Å². The molecule has 5 rings (SSSR count). The lowest BCUT2D eigenvalue weighted by molar-refractivity contribution is 0.280. The Bertz CT molecular complexity index is 1230. The smallest absolute Gasteiger partial charge is 0.215 e. The monoisotopic (exact) mass is 341 g/mol. The molecule has 0 spiro atoms. The summed E-state index contributed by atoms with van der Waals surface area (Å²) in [6, 6.07) is 23.1. The van der Waals surface area contributed by atoms with Crippen molar-refractivity contribution < 1.29 is 5.11 Å². The lowest BCUT2D eigenvalue weighted by Crippen LogP contribution is -2.03. The van der Waals surface area contributed by atoms with E-state index in [1.54, 1.807) is 0 Å². The molecule has 0 amide bonds. The molecule has 0 aliphatic rings. The summed E-state index contributed by atoms with van der Waals surface area (Å²) in [7, 11) is 0. The van der Waals surface area contributed by atoms with E-state index < -0.39 is 0 Å². The molecule has 0 fully saturated rings. The van der Waals surface area contributed by atoms with Crippen LogP contribution >= 0.6 is 0 Å². The van der Waals surface area contributed by atoms with Crippen LogP contribution < -0.4 is 0 Å². The Hall–Kier alpha value is -3.11. The summed E-state index contributed by atoms with van der Waals surface area (Å²) < 4.78 is 4.36. The minimum atomic E-state index is 0.168. The van der Waals surface area contributed by atoms with E-state index in [1.165, 1.54) is 10.8 Å². The van der Waals surface area contributed by atoms with Gasteiger partial charge < -0.3 is 9.67 Å². The summed E-state index contributed by atoms with van der Waals surface area (Å²) in [4.78, 5) is 4.82. The van der Waals surface area contributed by atoms with Crippen LogP contribution in [-0.4, -0.2) is 25.7 Å². The summed E-state index contributed by atoms with van der Waals surface area (Å²) in [5.74, 6) is 0.919. The van der Waals surface area contributed by atoms with Crippen LogP contribution in [0.2, 0.25) is 0 Å². The fourth-order valence-corrected chi connectivity index (χ4v) is 3.68. The first kappa shape index (κ1) is 15.2. The van der Waals surface area contributed by atoms with Gasteiger partial charge in [-0.2, -0.15) is 0 Å². The second-order valence-corrected chi connectivity index (χ2v) is 6.58. The molecular weight excluding hydrogens is 322 g/mol. The molecule has 4 nitrogen and oxygen atoms in total. The topological polar surface area (TPSA) is 42.5 Å². The Morgan fingerprint density at radius 2 is 1.69 bits per heavy atom. The highest BCUT2D eigenvalue weighted by Gasteiger charge is 2.15. The van der Waals surface area contributed by atoms with Gasteiger partial charge in [-0.1, -0.05) is 48.5 Å². The minimum Gasteiger partial charge on any atom is -0.396 e. The second kappa shape index (κ2) is 6.00. The number of para-hydroxylation sites is 2. The van der Waals surface area contributed by atoms with Gasteiger partial charge in [0.1, 0.15) is 0 Å². The fourth-order valence-electron chi connectivity index (χ4n) is 3.68. The van der Waals surface area contributed by atoms with Crippen LogP contribution in [0.3, 0.4) is 0 Å². The summed E-state index contributed by atoms with van der Waals surface area (Å²) in [6.45, 7) is 0.903. The molecule has 0 aliphatic carbocycles. The van der Waals surface area contributed by atoms with Gasteiger partial charge >= 0.3 is 0 Å². The van der Waals surface area contributed by atoms with Gasteiger partial charge in [0.2, 0.25) is 5.78 Å². The number of aliphatic hydroxyl groups excluding tert-OH is 1. The number of rotatable bonds is 4. The molecule has 5 aromatic rings. The molecule has 0 unspecified atom stereocenters. The average Bonchev–Trinajstić information content (AvgIpc) is 3.22. The van der Waals surface area contributed by atoms with Crippen molar-refractivity contribution in [2.24, 2.45) is 0 Å². The Morgan fingerprint density at radius 1 is 0.885 bits per heavy atom. The molecule has 0 saturated carbocycles. The highest BCUT2D eigenvalue weighted by atomic mass is 16.3. The highest BCUT2D eigenvalue weighted by molar-refractivity contribution is 5.88. The predicted molar refractivity (Wildman–Crippen MR) is 105 cm³/mol. The molecule has 128 valence electrons. The van der Waals surface area contributed by atoms with E-state index in [-0.39, 0.29) is 6.61 Å². The molecule has 0 atom stereocenters. The Labute approximate surface area is 150 Å². The molecular formula is C22H19N3O. The first-order valence-electron chi connectivity index (χ1n) is 8.91. The molecule has 26 heavy (non-hydrogen) atoms. The zero-order chi connectivity index (χ0) is 17.5. The van der Waals surface area contributed by atoms with Crippen molar-refractivity contribution in [3.8, 4) is 11.3 Å². The molecule has 0 aliphatic heterocycles. The standard InChI is InChI=1S/C22H19N3O/c26-13-5-12-24-21(18-11-10-16-6-1-2-7-17(16)14-18)15-25-20-9-4-3-8-19(20)23-22(24)25/h1-4,6-11,14-15,26H,5,12-13H2. The third kappa shape index (κ3) is 2.30. The maximum atomic E-state index is 9.34. The lowest BCUT2D eigenvalue weighted by Gasteiger charge is -2.09. The molecule has 1 N–H and O–H groups in total. The van der Waals surface area contributed by atoms with Crippen LogP contribution in [0.1, 0.15) is 6.42 Å². The SMILES string of the molecule is OCCCn1c(-c2ccc3ccccc3c2)cn2c3ccccc3nc12. The Kier molecular flexibility index (Phi) is 3.50. The zero-order valence-corrected chi connectivity index (χ0v) is 14.3. The van der Waals surface area contributed by atoms with Crippen molar-refractivity contribution in [3.63, 3.8) is 0 Å². The maximum absolute atomic E-state index is 9.34. The average molecular weight is 341 g/mol. The van der Waals surface area contributed by atoms with Crippen molar-refractivity contribution in [3.05, 3.63) is 72.9 Å². The first-order valence-corrected chi connectivity index (χ1v) is 8.91. The zero-order valence-electron chi connectivity index (χ0n) is 14.3. The highest BCUT2D eigenvalue weighted by Crippen LogP contribution is 2.29. The van der Waals surface area contributed by atoms with Gasteiger partial charge in [-0.05, 0) is 35.4 Å². The Balaban J connectivity index is 1.76. The first-order chi connectivity index (χ1) is 12.8. The number of aromatic nitrogens is 3. The maximum Gasteiger partial charge on any atom is 0.215 e. The summed E-state index contributed by atoms with van der Waals surface area (Å²) >= 11 is 0. The summed E-state index contributed by atoms with van der Waals surface area (Å²) in [5, 5.41) is 11.8.